The molecule has 0 amide bonds. The molecule has 7 nitrogen and oxygen atoms in total. The van der Waals surface area contributed by atoms with Gasteiger partial charge >= 0.3 is 6.18 Å². The number of rotatable bonds is 12. The number of H-pyrrole nitrogens is 1. The largest absolute Gasteiger partial charge is 0.497 e. The SMILES string of the molecule is COc1ccc(COc2cc(OCc3ccc(COCC=O)cc3)ncc2-c2cc(C(F)(F)F)c[nH]2)cc1. The molecule has 0 aliphatic carbocycles. The molecular formula is C28H25F3N2O5. The van der Waals surface area contributed by atoms with Crippen LogP contribution in [0.3, 0.4) is 0 Å². The van der Waals surface area contributed by atoms with Crippen LogP contribution in [-0.4, -0.2) is 30.0 Å². The number of methoxy groups -OCH3 is 1. The third kappa shape index (κ3) is 7.13. The van der Waals surface area contributed by atoms with Crippen molar-refractivity contribution >= 4 is 6.29 Å². The minimum Gasteiger partial charge on any atom is -0.497 e. The number of hydrogen-bond donors (Lipinski definition) is 1. The second kappa shape index (κ2) is 12.3. The van der Waals surface area contributed by atoms with Crippen LogP contribution < -0.4 is 14.2 Å². The van der Waals surface area contributed by atoms with Crippen LogP contribution in [-0.2, 0) is 35.5 Å². The van der Waals surface area contributed by atoms with Crippen molar-refractivity contribution in [2.45, 2.75) is 26.0 Å². The van der Waals surface area contributed by atoms with Crippen LogP contribution in [0.1, 0.15) is 22.3 Å². The third-order valence-corrected chi connectivity index (χ3v) is 5.56. The minimum atomic E-state index is -4.48. The number of carbonyl (C=O) groups excluding carboxylic acids is 1. The zero-order valence-corrected chi connectivity index (χ0v) is 20.5. The molecule has 10 heteroatoms. The number of nitrogens with zero attached hydrogens (tertiary/aromatic N) is 1. The van der Waals surface area contributed by atoms with Crippen molar-refractivity contribution in [1.29, 1.82) is 0 Å². The number of pyridine rings is 1. The molecule has 0 radical (unpaired) electrons. The van der Waals surface area contributed by atoms with Crippen LogP contribution in [0.4, 0.5) is 13.2 Å². The van der Waals surface area contributed by atoms with E-state index < -0.39 is 11.7 Å². The molecule has 0 fully saturated rings. The smallest absolute Gasteiger partial charge is 0.417 e. The fourth-order valence-corrected chi connectivity index (χ4v) is 3.53. The van der Waals surface area contributed by atoms with Gasteiger partial charge in [0.15, 0.2) is 0 Å². The Hall–Kier alpha value is -4.31. The lowest BCUT2D eigenvalue weighted by Crippen LogP contribution is -2.02. The van der Waals surface area contributed by atoms with E-state index in [-0.39, 0.29) is 31.4 Å². The number of benzene rings is 2. The van der Waals surface area contributed by atoms with Crippen LogP contribution >= 0.6 is 0 Å². The maximum atomic E-state index is 13.2. The van der Waals surface area contributed by atoms with E-state index in [1.165, 1.54) is 6.20 Å². The molecule has 0 saturated carbocycles. The summed E-state index contributed by atoms with van der Waals surface area (Å²) in [6, 6.07) is 17.3. The fourth-order valence-electron chi connectivity index (χ4n) is 3.53. The van der Waals surface area contributed by atoms with Gasteiger partial charge in [0.25, 0.3) is 0 Å². The van der Waals surface area contributed by atoms with Crippen molar-refractivity contribution in [3.05, 3.63) is 95.3 Å². The Morgan fingerprint density at radius 2 is 1.53 bits per heavy atom. The Bertz CT molecular complexity index is 1340. The molecule has 0 unspecified atom stereocenters. The van der Waals surface area contributed by atoms with E-state index in [4.69, 9.17) is 18.9 Å². The Kier molecular flexibility index (Phi) is 8.65. The van der Waals surface area contributed by atoms with Crippen molar-refractivity contribution < 1.29 is 36.9 Å². The molecule has 2 heterocycles. The highest BCUT2D eigenvalue weighted by molar-refractivity contribution is 5.68. The standard InChI is InChI=1S/C28H25F3N2O5/c1-35-23-8-6-21(7-9-23)17-37-26-13-27(33-15-24(26)25-12-22(14-32-25)28(29,30)31)38-18-20-4-2-19(3-5-20)16-36-11-10-34/h2-10,12-15,32H,11,16-18H2,1H3. The Labute approximate surface area is 217 Å². The highest BCUT2D eigenvalue weighted by Crippen LogP contribution is 2.36. The molecule has 4 aromatic rings. The normalized spacial score (nSPS) is 11.3. The monoisotopic (exact) mass is 526 g/mol. The van der Waals surface area contributed by atoms with Gasteiger partial charge < -0.3 is 28.7 Å². The lowest BCUT2D eigenvalue weighted by Gasteiger charge is -2.13. The molecule has 4 rings (SSSR count). The molecule has 0 atom stereocenters. The first-order chi connectivity index (χ1) is 18.4. The number of nitrogens with one attached hydrogen (secondary N) is 1. The number of aromatic nitrogens is 2. The summed E-state index contributed by atoms with van der Waals surface area (Å²) in [5.41, 5.74) is 2.41. The number of carbonyl (C=O) groups is 1. The van der Waals surface area contributed by atoms with Gasteiger partial charge in [-0.25, -0.2) is 4.98 Å². The van der Waals surface area contributed by atoms with Crippen LogP contribution in [0.25, 0.3) is 11.3 Å². The van der Waals surface area contributed by atoms with E-state index in [1.54, 1.807) is 25.3 Å². The molecule has 2 aromatic carbocycles. The van der Waals surface area contributed by atoms with E-state index in [2.05, 4.69) is 9.97 Å². The molecule has 1 N–H and O–H groups in total. The Morgan fingerprint density at radius 1 is 0.895 bits per heavy atom. The van der Waals surface area contributed by atoms with Gasteiger partial charge in [0.1, 0.15) is 37.6 Å². The maximum Gasteiger partial charge on any atom is 0.417 e. The highest BCUT2D eigenvalue weighted by atomic mass is 19.4. The lowest BCUT2D eigenvalue weighted by molar-refractivity contribution is -0.137. The second-order valence-corrected chi connectivity index (χ2v) is 8.24. The summed E-state index contributed by atoms with van der Waals surface area (Å²) in [7, 11) is 1.57. The van der Waals surface area contributed by atoms with Gasteiger partial charge in [0, 0.05) is 18.5 Å². The molecule has 38 heavy (non-hydrogen) atoms. The van der Waals surface area contributed by atoms with Crippen molar-refractivity contribution in [3.63, 3.8) is 0 Å². The highest BCUT2D eigenvalue weighted by Gasteiger charge is 2.32. The molecule has 0 spiro atoms. The summed E-state index contributed by atoms with van der Waals surface area (Å²) in [6.45, 7) is 0.739. The first-order valence-corrected chi connectivity index (χ1v) is 11.6. The van der Waals surface area contributed by atoms with Gasteiger partial charge in [-0.05, 0) is 34.9 Å². The van der Waals surface area contributed by atoms with Crippen LogP contribution in [0.5, 0.6) is 17.4 Å². The number of ether oxygens (including phenoxy) is 4. The van der Waals surface area contributed by atoms with Crippen molar-refractivity contribution in [3.8, 4) is 28.6 Å². The van der Waals surface area contributed by atoms with Crippen LogP contribution in [0.15, 0.2) is 73.1 Å². The zero-order valence-electron chi connectivity index (χ0n) is 20.5. The minimum absolute atomic E-state index is 0.0371. The van der Waals surface area contributed by atoms with E-state index in [0.717, 1.165) is 29.0 Å². The van der Waals surface area contributed by atoms with Gasteiger partial charge in [-0.3, -0.25) is 0 Å². The van der Waals surface area contributed by atoms with E-state index in [1.807, 2.05) is 36.4 Å². The predicted octanol–water partition coefficient (Wildman–Crippen LogP) is 5.98. The Balaban J connectivity index is 1.51. The van der Waals surface area contributed by atoms with E-state index in [0.29, 0.717) is 30.0 Å². The number of halogens is 3. The van der Waals surface area contributed by atoms with Crippen molar-refractivity contribution in [1.82, 2.24) is 9.97 Å². The van der Waals surface area contributed by atoms with Gasteiger partial charge in [-0.2, -0.15) is 13.2 Å². The van der Waals surface area contributed by atoms with Gasteiger partial charge in [0.05, 0.1) is 30.5 Å². The maximum absolute atomic E-state index is 13.2. The summed E-state index contributed by atoms with van der Waals surface area (Å²) < 4.78 is 61.7. The lowest BCUT2D eigenvalue weighted by atomic mass is 10.1. The third-order valence-electron chi connectivity index (χ3n) is 5.56. The van der Waals surface area contributed by atoms with Gasteiger partial charge in [0.2, 0.25) is 5.88 Å². The van der Waals surface area contributed by atoms with Crippen molar-refractivity contribution in [2.75, 3.05) is 13.7 Å². The number of aldehydes is 1. The Morgan fingerprint density at radius 3 is 2.13 bits per heavy atom. The summed E-state index contributed by atoms with van der Waals surface area (Å²) in [5, 5.41) is 0. The van der Waals surface area contributed by atoms with Gasteiger partial charge in [-0.1, -0.05) is 36.4 Å². The van der Waals surface area contributed by atoms with Crippen LogP contribution in [0.2, 0.25) is 0 Å². The zero-order chi connectivity index (χ0) is 27.0. The molecule has 0 saturated heterocycles. The number of aromatic amines is 1. The number of alkyl halides is 3. The average Bonchev–Trinajstić information content (AvgIpc) is 3.43. The molecule has 0 bridgehead atoms. The quantitative estimate of drug-likeness (QED) is 0.181. The average molecular weight is 527 g/mol. The van der Waals surface area contributed by atoms with Crippen molar-refractivity contribution in [2.24, 2.45) is 0 Å². The van der Waals surface area contributed by atoms with E-state index in [9.17, 15) is 18.0 Å². The molecular weight excluding hydrogens is 501 g/mol. The summed E-state index contributed by atoms with van der Waals surface area (Å²) in [6.07, 6.45) is -1.47. The summed E-state index contributed by atoms with van der Waals surface area (Å²) in [5.74, 6) is 1.25. The number of hydrogen-bond acceptors (Lipinski definition) is 6. The topological polar surface area (TPSA) is 82.7 Å². The second-order valence-electron chi connectivity index (χ2n) is 8.24. The molecule has 198 valence electrons. The molecule has 0 aliphatic heterocycles. The molecule has 2 aromatic heterocycles. The first-order valence-electron chi connectivity index (χ1n) is 11.6. The summed E-state index contributed by atoms with van der Waals surface area (Å²) >= 11 is 0. The predicted molar refractivity (Wildman–Crippen MR) is 133 cm³/mol. The fraction of sp³-hybridized carbons (Fsp3) is 0.214. The van der Waals surface area contributed by atoms with E-state index >= 15 is 0 Å². The summed E-state index contributed by atoms with van der Waals surface area (Å²) in [4.78, 5) is 17.3. The van der Waals surface area contributed by atoms with Crippen LogP contribution in [0, 0.1) is 0 Å². The van der Waals surface area contributed by atoms with Gasteiger partial charge in [-0.15, -0.1) is 0 Å². The molecule has 0 aliphatic rings. The first kappa shape index (κ1) is 26.7.